The first-order valence-corrected chi connectivity index (χ1v) is 9.83. The number of rotatable bonds is 3. The first-order chi connectivity index (χ1) is 14.6. The number of benzene rings is 1. The van der Waals surface area contributed by atoms with E-state index in [1.54, 1.807) is 23.2 Å². The number of hydrogen-bond acceptors (Lipinski definition) is 3. The zero-order chi connectivity index (χ0) is 20.8. The van der Waals surface area contributed by atoms with Crippen molar-refractivity contribution in [3.63, 3.8) is 0 Å². The quantitative estimate of drug-likeness (QED) is 0.498. The molecule has 0 radical (unpaired) electrons. The van der Waals surface area contributed by atoms with Crippen LogP contribution in [0.4, 0.5) is 4.39 Å². The first-order valence-electron chi connectivity index (χ1n) is 9.45. The van der Waals surface area contributed by atoms with Gasteiger partial charge in [0.05, 0.1) is 18.8 Å². The Labute approximate surface area is 176 Å². The summed E-state index contributed by atoms with van der Waals surface area (Å²) in [6.45, 7) is 4.97. The van der Waals surface area contributed by atoms with Crippen molar-refractivity contribution in [2.45, 2.75) is 13.1 Å². The summed E-state index contributed by atoms with van der Waals surface area (Å²) in [4.78, 5) is 21.4. The summed E-state index contributed by atoms with van der Waals surface area (Å²) in [6.07, 6.45) is 4.82. The molecule has 0 bridgehead atoms. The normalized spacial score (nSPS) is 13.5. The number of fused-ring (bicyclic) bond motifs is 2. The molecule has 1 aliphatic heterocycles. The smallest absolute Gasteiger partial charge is 0.246 e. The van der Waals surface area contributed by atoms with Crippen LogP contribution in [-0.4, -0.2) is 37.1 Å². The molecule has 0 atom stereocenters. The summed E-state index contributed by atoms with van der Waals surface area (Å²) in [7, 11) is 0. The molecule has 4 aromatic rings. The van der Waals surface area contributed by atoms with E-state index in [1.807, 2.05) is 23.0 Å². The Morgan fingerprint density at radius 2 is 2.10 bits per heavy atom. The Kier molecular flexibility index (Phi) is 4.40. The van der Waals surface area contributed by atoms with E-state index in [0.29, 0.717) is 35.9 Å². The van der Waals surface area contributed by atoms with Gasteiger partial charge in [-0.25, -0.2) is 9.37 Å². The molecule has 1 aliphatic rings. The van der Waals surface area contributed by atoms with Gasteiger partial charge in [0.2, 0.25) is 5.91 Å². The molecule has 0 saturated carbocycles. The van der Waals surface area contributed by atoms with Crippen molar-refractivity contribution in [3.8, 4) is 22.4 Å². The molecule has 4 heterocycles. The molecule has 6 nitrogen and oxygen atoms in total. The molecular weight excluding hydrogens is 405 g/mol. The summed E-state index contributed by atoms with van der Waals surface area (Å²) in [6, 6.07) is 8.38. The van der Waals surface area contributed by atoms with Crippen molar-refractivity contribution in [2.75, 3.05) is 6.54 Å². The van der Waals surface area contributed by atoms with Crippen molar-refractivity contribution in [1.82, 2.24) is 24.6 Å². The number of carbonyl (C=O) groups is 1. The molecule has 1 amide bonds. The van der Waals surface area contributed by atoms with E-state index in [1.165, 1.54) is 12.1 Å². The summed E-state index contributed by atoms with van der Waals surface area (Å²) in [5, 5.41) is 5.96. The molecule has 0 aliphatic carbocycles. The number of aromatic amines is 1. The average Bonchev–Trinajstić information content (AvgIpc) is 3.37. The highest BCUT2D eigenvalue weighted by Gasteiger charge is 2.29. The van der Waals surface area contributed by atoms with Gasteiger partial charge in [-0.2, -0.15) is 5.10 Å². The number of amides is 1. The number of nitrogens with one attached hydrogen (secondary N) is 1. The third-order valence-electron chi connectivity index (χ3n) is 5.38. The van der Waals surface area contributed by atoms with Crippen LogP contribution in [0.5, 0.6) is 0 Å². The lowest BCUT2D eigenvalue weighted by atomic mass is 9.96. The van der Waals surface area contributed by atoms with E-state index in [4.69, 9.17) is 16.7 Å². The van der Waals surface area contributed by atoms with Crippen LogP contribution in [0.1, 0.15) is 5.69 Å². The van der Waals surface area contributed by atoms with Gasteiger partial charge in [0, 0.05) is 40.5 Å². The van der Waals surface area contributed by atoms with Crippen molar-refractivity contribution in [3.05, 3.63) is 71.9 Å². The highest BCUT2D eigenvalue weighted by Crippen LogP contribution is 2.40. The molecule has 0 spiro atoms. The molecule has 150 valence electrons. The zero-order valence-corrected chi connectivity index (χ0v) is 16.7. The van der Waals surface area contributed by atoms with Crippen molar-refractivity contribution in [1.29, 1.82) is 0 Å². The van der Waals surface area contributed by atoms with Crippen molar-refractivity contribution in [2.24, 2.45) is 0 Å². The highest BCUT2D eigenvalue weighted by molar-refractivity contribution is 6.30. The van der Waals surface area contributed by atoms with Crippen LogP contribution >= 0.6 is 11.6 Å². The largest absolute Gasteiger partial charge is 0.346 e. The molecule has 5 rings (SSSR count). The second kappa shape index (κ2) is 7.11. The Bertz CT molecular complexity index is 1310. The Morgan fingerprint density at radius 1 is 1.23 bits per heavy atom. The Hall–Kier alpha value is -3.45. The first kappa shape index (κ1) is 18.6. The average molecular weight is 422 g/mol. The predicted octanol–water partition coefficient (Wildman–Crippen LogP) is 4.41. The summed E-state index contributed by atoms with van der Waals surface area (Å²) < 4.78 is 16.7. The minimum Gasteiger partial charge on any atom is -0.346 e. The second-order valence-electron chi connectivity index (χ2n) is 7.08. The third-order valence-corrected chi connectivity index (χ3v) is 5.62. The molecule has 0 fully saturated rings. The fourth-order valence-corrected chi connectivity index (χ4v) is 4.13. The van der Waals surface area contributed by atoms with Crippen LogP contribution in [0.25, 0.3) is 33.4 Å². The van der Waals surface area contributed by atoms with E-state index in [9.17, 15) is 9.18 Å². The van der Waals surface area contributed by atoms with Gasteiger partial charge in [0.15, 0.2) is 0 Å². The van der Waals surface area contributed by atoms with E-state index < -0.39 is 5.82 Å². The van der Waals surface area contributed by atoms with Crippen LogP contribution in [0.3, 0.4) is 0 Å². The van der Waals surface area contributed by atoms with Crippen LogP contribution in [0, 0.1) is 5.82 Å². The molecule has 3 aromatic heterocycles. The molecule has 0 unspecified atom stereocenters. The molecule has 0 saturated heterocycles. The van der Waals surface area contributed by atoms with Gasteiger partial charge in [0.1, 0.15) is 17.2 Å². The lowest BCUT2D eigenvalue weighted by Crippen LogP contribution is -2.37. The van der Waals surface area contributed by atoms with Crippen LogP contribution in [0.2, 0.25) is 5.02 Å². The van der Waals surface area contributed by atoms with Gasteiger partial charge in [0.25, 0.3) is 0 Å². The fraction of sp³-hybridized carbons (Fsp3) is 0.136. The Balaban J connectivity index is 1.78. The number of hydrogen-bond donors (Lipinski definition) is 1. The highest BCUT2D eigenvalue weighted by atomic mass is 35.5. The third kappa shape index (κ3) is 2.90. The number of H-pyrrole nitrogens is 1. The second-order valence-corrected chi connectivity index (χ2v) is 7.52. The van der Waals surface area contributed by atoms with Gasteiger partial charge in [-0.3, -0.25) is 9.48 Å². The lowest BCUT2D eigenvalue weighted by Gasteiger charge is -2.27. The van der Waals surface area contributed by atoms with Gasteiger partial charge in [-0.1, -0.05) is 18.2 Å². The van der Waals surface area contributed by atoms with Crippen LogP contribution < -0.4 is 0 Å². The maximum atomic E-state index is 14.9. The van der Waals surface area contributed by atoms with Gasteiger partial charge in [-0.15, -0.1) is 0 Å². The summed E-state index contributed by atoms with van der Waals surface area (Å²) in [5.41, 5.74) is 4.10. The minimum atomic E-state index is -0.447. The number of aromatic nitrogens is 4. The zero-order valence-electron chi connectivity index (χ0n) is 15.9. The van der Waals surface area contributed by atoms with Gasteiger partial charge >= 0.3 is 0 Å². The lowest BCUT2D eigenvalue weighted by molar-refractivity contribution is -0.127. The maximum absolute atomic E-state index is 14.9. The molecule has 8 heteroatoms. The van der Waals surface area contributed by atoms with Gasteiger partial charge in [-0.05, 0) is 42.0 Å². The number of halogens is 2. The monoisotopic (exact) mass is 421 g/mol. The minimum absolute atomic E-state index is 0.144. The molecular formula is C22H17ClFN5O. The van der Waals surface area contributed by atoms with E-state index in [-0.39, 0.29) is 5.91 Å². The number of nitrogens with zero attached hydrogens (tertiary/aromatic N) is 4. The van der Waals surface area contributed by atoms with E-state index in [2.05, 4.69) is 16.5 Å². The van der Waals surface area contributed by atoms with E-state index >= 15 is 0 Å². The number of carbonyl (C=O) groups excluding carboxylic acids is 1. The van der Waals surface area contributed by atoms with Gasteiger partial charge < -0.3 is 9.88 Å². The van der Waals surface area contributed by atoms with Crippen molar-refractivity contribution >= 4 is 28.5 Å². The molecule has 1 aromatic carbocycles. The molecule has 1 N–H and O–H groups in total. The number of pyridine rings is 1. The van der Waals surface area contributed by atoms with E-state index in [0.717, 1.165) is 27.9 Å². The fourth-order valence-electron chi connectivity index (χ4n) is 3.97. The van der Waals surface area contributed by atoms with Crippen molar-refractivity contribution < 1.29 is 9.18 Å². The van der Waals surface area contributed by atoms with Crippen LogP contribution in [-0.2, 0) is 17.9 Å². The summed E-state index contributed by atoms with van der Waals surface area (Å²) in [5.74, 6) is -0.591. The molecule has 30 heavy (non-hydrogen) atoms. The topological polar surface area (TPSA) is 66.8 Å². The van der Waals surface area contributed by atoms with Crippen LogP contribution in [0.15, 0.2) is 55.4 Å². The Morgan fingerprint density at radius 3 is 2.90 bits per heavy atom. The standard InChI is InChI=1S/C22H17ClFN5O/c1-2-19(30)28-9-10-29-18(12-28)20(14-5-7-25-22-15(14)6-8-26-22)21(27-29)16-4-3-13(23)11-17(16)24/h2-8,11H,1,9-10,12H2,(H,25,26). The maximum Gasteiger partial charge on any atom is 0.246 e. The summed E-state index contributed by atoms with van der Waals surface area (Å²) >= 11 is 5.96. The SMILES string of the molecule is C=CC(=O)N1CCn2nc(-c3ccc(Cl)cc3F)c(-c3ccnc4[nH]ccc34)c2C1. The predicted molar refractivity (Wildman–Crippen MR) is 113 cm³/mol.